The van der Waals surface area contributed by atoms with Crippen molar-refractivity contribution in [3.05, 3.63) is 63.8 Å². The summed E-state index contributed by atoms with van der Waals surface area (Å²) >= 11 is 8.78. The zero-order valence-electron chi connectivity index (χ0n) is 12.8. The van der Waals surface area contributed by atoms with Gasteiger partial charge in [-0.25, -0.2) is 4.98 Å². The summed E-state index contributed by atoms with van der Waals surface area (Å²) in [5, 5.41) is 6.26. The van der Waals surface area contributed by atoms with Crippen LogP contribution < -0.4 is 11.1 Å². The van der Waals surface area contributed by atoms with Crippen LogP contribution in [0.4, 0.5) is 11.4 Å². The standard InChI is InChI=1S/C18H12ClN3OS2/c19-10-3-5-11(6-4-10)21-17(23)16-15(20)12-7-8-13(22-18(12)25-16)14-2-1-9-24-14/h1-9H,20H2,(H,21,23). The number of anilines is 2. The average Bonchev–Trinajstić information content (AvgIpc) is 3.25. The second-order valence-electron chi connectivity index (χ2n) is 5.33. The average molecular weight is 386 g/mol. The summed E-state index contributed by atoms with van der Waals surface area (Å²) in [6.07, 6.45) is 0. The molecule has 1 aromatic carbocycles. The highest BCUT2D eigenvalue weighted by molar-refractivity contribution is 7.21. The normalized spacial score (nSPS) is 10.9. The first-order chi connectivity index (χ1) is 12.1. The number of fused-ring (bicyclic) bond motifs is 1. The van der Waals surface area contributed by atoms with Crippen molar-refractivity contribution >= 4 is 61.8 Å². The van der Waals surface area contributed by atoms with E-state index in [0.29, 0.717) is 21.3 Å². The van der Waals surface area contributed by atoms with Crippen LogP contribution in [0.2, 0.25) is 5.02 Å². The minimum Gasteiger partial charge on any atom is -0.397 e. The first-order valence-corrected chi connectivity index (χ1v) is 9.49. The third-order valence-corrected chi connectivity index (χ3v) is 5.93. The van der Waals surface area contributed by atoms with Gasteiger partial charge in [0, 0.05) is 16.1 Å². The number of nitrogen functional groups attached to an aromatic ring is 1. The fourth-order valence-corrected chi connectivity index (χ4v) is 4.26. The summed E-state index contributed by atoms with van der Waals surface area (Å²) in [5.41, 5.74) is 8.18. The van der Waals surface area contributed by atoms with Gasteiger partial charge in [-0.05, 0) is 47.8 Å². The molecule has 0 spiro atoms. The van der Waals surface area contributed by atoms with E-state index in [2.05, 4.69) is 10.3 Å². The summed E-state index contributed by atoms with van der Waals surface area (Å²) in [6.45, 7) is 0. The van der Waals surface area contributed by atoms with Gasteiger partial charge in [0.1, 0.15) is 9.71 Å². The van der Waals surface area contributed by atoms with Crippen LogP contribution in [0.3, 0.4) is 0 Å². The summed E-state index contributed by atoms with van der Waals surface area (Å²) in [4.78, 5) is 19.5. The maximum absolute atomic E-state index is 12.6. The van der Waals surface area contributed by atoms with Gasteiger partial charge < -0.3 is 11.1 Å². The molecule has 0 unspecified atom stereocenters. The Balaban J connectivity index is 1.68. The number of rotatable bonds is 3. The first kappa shape index (κ1) is 16.1. The topological polar surface area (TPSA) is 68.0 Å². The molecule has 0 aliphatic heterocycles. The van der Waals surface area contributed by atoms with Crippen LogP contribution in [-0.4, -0.2) is 10.9 Å². The lowest BCUT2D eigenvalue weighted by molar-refractivity contribution is 0.103. The van der Waals surface area contributed by atoms with Crippen molar-refractivity contribution in [2.45, 2.75) is 0 Å². The fraction of sp³-hybridized carbons (Fsp3) is 0. The number of pyridine rings is 1. The maximum atomic E-state index is 12.6. The summed E-state index contributed by atoms with van der Waals surface area (Å²) in [6, 6.07) is 14.8. The zero-order chi connectivity index (χ0) is 17.4. The second-order valence-corrected chi connectivity index (χ2v) is 7.72. The molecular formula is C18H12ClN3OS2. The van der Waals surface area contributed by atoms with Gasteiger partial charge in [-0.15, -0.1) is 22.7 Å². The van der Waals surface area contributed by atoms with Crippen molar-refractivity contribution in [3.63, 3.8) is 0 Å². The molecule has 4 aromatic rings. The van der Waals surface area contributed by atoms with E-state index in [4.69, 9.17) is 17.3 Å². The van der Waals surface area contributed by atoms with Gasteiger partial charge in [-0.3, -0.25) is 4.79 Å². The molecule has 4 nitrogen and oxygen atoms in total. The Morgan fingerprint density at radius 1 is 1.12 bits per heavy atom. The van der Waals surface area contributed by atoms with Crippen LogP contribution in [0.1, 0.15) is 9.67 Å². The summed E-state index contributed by atoms with van der Waals surface area (Å²) < 4.78 is 0. The lowest BCUT2D eigenvalue weighted by Crippen LogP contribution is -2.11. The zero-order valence-corrected chi connectivity index (χ0v) is 15.2. The number of nitrogens with one attached hydrogen (secondary N) is 1. The van der Waals surface area contributed by atoms with Crippen LogP contribution in [0, 0.1) is 0 Å². The first-order valence-electron chi connectivity index (χ1n) is 7.41. The molecule has 124 valence electrons. The van der Waals surface area contributed by atoms with Gasteiger partial charge >= 0.3 is 0 Å². The van der Waals surface area contributed by atoms with Crippen LogP contribution in [0.25, 0.3) is 20.8 Å². The molecule has 0 saturated carbocycles. The van der Waals surface area contributed by atoms with Crippen molar-refractivity contribution < 1.29 is 4.79 Å². The van der Waals surface area contributed by atoms with E-state index in [1.807, 2.05) is 29.6 Å². The molecule has 3 aromatic heterocycles. The van der Waals surface area contributed by atoms with E-state index in [1.165, 1.54) is 11.3 Å². The molecule has 0 saturated heterocycles. The van der Waals surface area contributed by atoms with E-state index in [9.17, 15) is 4.79 Å². The van der Waals surface area contributed by atoms with Gasteiger partial charge in [-0.1, -0.05) is 17.7 Å². The number of nitrogens with zero attached hydrogens (tertiary/aromatic N) is 1. The molecule has 3 heterocycles. The maximum Gasteiger partial charge on any atom is 0.267 e. The molecule has 25 heavy (non-hydrogen) atoms. The van der Waals surface area contributed by atoms with E-state index >= 15 is 0 Å². The Labute approximate surface area is 156 Å². The number of aromatic nitrogens is 1. The molecule has 0 fully saturated rings. The minimum absolute atomic E-state index is 0.250. The number of halogens is 1. The number of benzene rings is 1. The van der Waals surface area contributed by atoms with Crippen LogP contribution in [0.5, 0.6) is 0 Å². The Kier molecular flexibility index (Phi) is 4.17. The Bertz CT molecular complexity index is 1060. The number of carbonyl (C=O) groups excluding carboxylic acids is 1. The van der Waals surface area contributed by atoms with Crippen molar-refractivity contribution in [2.75, 3.05) is 11.1 Å². The summed E-state index contributed by atoms with van der Waals surface area (Å²) in [7, 11) is 0. The lowest BCUT2D eigenvalue weighted by Gasteiger charge is -2.04. The highest BCUT2D eigenvalue weighted by Crippen LogP contribution is 2.35. The second kappa shape index (κ2) is 6.48. The lowest BCUT2D eigenvalue weighted by atomic mass is 10.2. The summed E-state index contributed by atoms with van der Waals surface area (Å²) in [5.74, 6) is -0.250. The quantitative estimate of drug-likeness (QED) is 0.488. The monoisotopic (exact) mass is 385 g/mol. The number of hydrogen-bond acceptors (Lipinski definition) is 5. The molecule has 4 rings (SSSR count). The molecule has 1 amide bonds. The highest BCUT2D eigenvalue weighted by Gasteiger charge is 2.18. The molecule has 0 bridgehead atoms. The van der Waals surface area contributed by atoms with Crippen molar-refractivity contribution in [1.82, 2.24) is 4.98 Å². The Hall–Kier alpha value is -2.41. The van der Waals surface area contributed by atoms with Crippen molar-refractivity contribution in [3.8, 4) is 10.6 Å². The molecule has 7 heteroatoms. The molecule has 0 aliphatic carbocycles. The predicted octanol–water partition coefficient (Wildman–Crippen LogP) is 5.51. The minimum atomic E-state index is -0.250. The van der Waals surface area contributed by atoms with Crippen molar-refractivity contribution in [1.29, 1.82) is 0 Å². The Morgan fingerprint density at radius 2 is 1.92 bits per heavy atom. The predicted molar refractivity (Wildman–Crippen MR) is 107 cm³/mol. The van der Waals surface area contributed by atoms with Crippen LogP contribution >= 0.6 is 34.3 Å². The van der Waals surface area contributed by atoms with Gasteiger partial charge in [0.05, 0.1) is 16.3 Å². The van der Waals surface area contributed by atoms with Gasteiger partial charge in [0.25, 0.3) is 5.91 Å². The number of carbonyl (C=O) groups is 1. The largest absolute Gasteiger partial charge is 0.397 e. The van der Waals surface area contributed by atoms with E-state index in [0.717, 1.165) is 20.8 Å². The highest BCUT2D eigenvalue weighted by atomic mass is 35.5. The smallest absolute Gasteiger partial charge is 0.267 e. The van der Waals surface area contributed by atoms with E-state index in [1.54, 1.807) is 35.6 Å². The van der Waals surface area contributed by atoms with Gasteiger partial charge in [-0.2, -0.15) is 0 Å². The van der Waals surface area contributed by atoms with Crippen molar-refractivity contribution in [2.24, 2.45) is 0 Å². The third-order valence-electron chi connectivity index (χ3n) is 3.68. The van der Waals surface area contributed by atoms with Crippen LogP contribution in [-0.2, 0) is 0 Å². The third kappa shape index (κ3) is 3.11. The van der Waals surface area contributed by atoms with E-state index < -0.39 is 0 Å². The fourth-order valence-electron chi connectivity index (χ4n) is 2.45. The number of thiophene rings is 2. The molecule has 0 aliphatic rings. The molecule has 3 N–H and O–H groups in total. The van der Waals surface area contributed by atoms with Gasteiger partial charge in [0.15, 0.2) is 0 Å². The molecule has 0 radical (unpaired) electrons. The van der Waals surface area contributed by atoms with Crippen LogP contribution in [0.15, 0.2) is 53.9 Å². The number of amides is 1. The molecular weight excluding hydrogens is 374 g/mol. The number of nitrogens with two attached hydrogens (primary N) is 1. The van der Waals surface area contributed by atoms with E-state index in [-0.39, 0.29) is 5.91 Å². The Morgan fingerprint density at radius 3 is 2.64 bits per heavy atom. The number of hydrogen-bond donors (Lipinski definition) is 2. The molecule has 0 atom stereocenters. The SMILES string of the molecule is Nc1c(C(=O)Nc2ccc(Cl)cc2)sc2nc(-c3cccs3)ccc12. The van der Waals surface area contributed by atoms with Gasteiger partial charge in [0.2, 0.25) is 0 Å².